The molecule has 4 rings (SSSR count). The number of ether oxygens (including phenoxy) is 1. The van der Waals surface area contributed by atoms with Gasteiger partial charge in [-0.3, -0.25) is 9.69 Å². The van der Waals surface area contributed by atoms with Crippen LogP contribution < -0.4 is 10.9 Å². The summed E-state index contributed by atoms with van der Waals surface area (Å²) in [5.41, 5.74) is 2.80. The average Bonchev–Trinajstić information content (AvgIpc) is 3.30. The highest BCUT2D eigenvalue weighted by Crippen LogP contribution is 2.25. The summed E-state index contributed by atoms with van der Waals surface area (Å²) in [6.07, 6.45) is 5.79. The number of H-pyrrole nitrogens is 1. The molecule has 1 aromatic carbocycles. The summed E-state index contributed by atoms with van der Waals surface area (Å²) >= 11 is 5.81. The molecule has 168 valence electrons. The van der Waals surface area contributed by atoms with Crippen LogP contribution in [-0.4, -0.2) is 65.3 Å². The Labute approximate surface area is 189 Å². The zero-order valence-corrected chi connectivity index (χ0v) is 19.3. The minimum Gasteiger partial charge on any atom is -0.379 e. The second-order valence-corrected chi connectivity index (χ2v) is 9.21. The van der Waals surface area contributed by atoms with Crippen LogP contribution in [0, 0.1) is 6.92 Å². The molecule has 2 fully saturated rings. The number of benzene rings is 1. The third-order valence-corrected chi connectivity index (χ3v) is 6.86. The van der Waals surface area contributed by atoms with Crippen LogP contribution in [0.4, 0.5) is 0 Å². The largest absolute Gasteiger partial charge is 0.379 e. The van der Waals surface area contributed by atoms with Crippen molar-refractivity contribution in [2.75, 3.05) is 39.4 Å². The van der Waals surface area contributed by atoms with Gasteiger partial charge in [-0.1, -0.05) is 25.0 Å². The number of morpholine rings is 1. The molecule has 7 heteroatoms. The molecule has 2 N–H and O–H groups in total. The van der Waals surface area contributed by atoms with Crippen molar-refractivity contribution in [2.24, 2.45) is 0 Å². The minimum atomic E-state index is -0.0174. The zero-order valence-electron chi connectivity index (χ0n) is 18.5. The maximum absolute atomic E-state index is 12.8. The van der Waals surface area contributed by atoms with Crippen LogP contribution in [0.3, 0.4) is 0 Å². The molecule has 0 atom stereocenters. The number of hydrogen-bond acceptors (Lipinski definition) is 4. The SMILES string of the molecule is Cc1ccc2cc(CN(C(=S)NCCCN3CCOCC3)C3CCCC3)c(=O)[nH]c2c1. The Morgan fingerprint density at radius 1 is 1.26 bits per heavy atom. The second kappa shape index (κ2) is 10.6. The number of fused-ring (bicyclic) bond motifs is 1. The van der Waals surface area contributed by atoms with Gasteiger partial charge in [0.1, 0.15) is 0 Å². The molecular formula is C24H34N4O2S. The summed E-state index contributed by atoms with van der Waals surface area (Å²) in [7, 11) is 0. The van der Waals surface area contributed by atoms with E-state index in [4.69, 9.17) is 17.0 Å². The lowest BCUT2D eigenvalue weighted by molar-refractivity contribution is 0.0375. The fourth-order valence-electron chi connectivity index (χ4n) is 4.67. The quantitative estimate of drug-likeness (QED) is 0.507. The molecule has 0 bridgehead atoms. The number of aryl methyl sites for hydroxylation is 1. The summed E-state index contributed by atoms with van der Waals surface area (Å²) in [5.74, 6) is 0. The Morgan fingerprint density at radius 3 is 2.81 bits per heavy atom. The van der Waals surface area contributed by atoms with Gasteiger partial charge in [0.05, 0.1) is 19.8 Å². The van der Waals surface area contributed by atoms with Crippen LogP contribution in [0.2, 0.25) is 0 Å². The van der Waals surface area contributed by atoms with E-state index < -0.39 is 0 Å². The van der Waals surface area contributed by atoms with Gasteiger partial charge in [0.15, 0.2) is 5.11 Å². The molecule has 0 unspecified atom stereocenters. The Balaban J connectivity index is 1.41. The molecule has 31 heavy (non-hydrogen) atoms. The van der Waals surface area contributed by atoms with Crippen molar-refractivity contribution in [3.05, 3.63) is 45.7 Å². The van der Waals surface area contributed by atoms with Crippen LogP contribution in [0.25, 0.3) is 10.9 Å². The van der Waals surface area contributed by atoms with Gasteiger partial charge in [0.25, 0.3) is 5.56 Å². The van der Waals surface area contributed by atoms with Gasteiger partial charge in [-0.05, 0) is 68.0 Å². The van der Waals surface area contributed by atoms with Crippen molar-refractivity contribution in [3.63, 3.8) is 0 Å². The Morgan fingerprint density at radius 2 is 2.03 bits per heavy atom. The van der Waals surface area contributed by atoms with Crippen LogP contribution in [0.15, 0.2) is 29.1 Å². The van der Waals surface area contributed by atoms with Gasteiger partial charge in [-0.15, -0.1) is 0 Å². The second-order valence-electron chi connectivity index (χ2n) is 8.82. The summed E-state index contributed by atoms with van der Waals surface area (Å²) in [6, 6.07) is 8.62. The van der Waals surface area contributed by atoms with Crippen molar-refractivity contribution in [2.45, 2.75) is 51.6 Å². The van der Waals surface area contributed by atoms with E-state index in [9.17, 15) is 4.79 Å². The van der Waals surface area contributed by atoms with E-state index in [0.717, 1.165) is 85.8 Å². The predicted octanol–water partition coefficient (Wildman–Crippen LogP) is 3.18. The van der Waals surface area contributed by atoms with Crippen molar-refractivity contribution in [3.8, 4) is 0 Å². The molecule has 1 saturated carbocycles. The third-order valence-electron chi connectivity index (χ3n) is 6.48. The number of rotatable bonds is 7. The summed E-state index contributed by atoms with van der Waals surface area (Å²) in [4.78, 5) is 20.5. The number of aromatic amines is 1. The first-order chi connectivity index (χ1) is 15.1. The molecule has 1 aliphatic heterocycles. The highest BCUT2D eigenvalue weighted by atomic mass is 32.1. The topological polar surface area (TPSA) is 60.6 Å². The fourth-order valence-corrected chi connectivity index (χ4v) is 4.98. The molecule has 2 aromatic rings. The van der Waals surface area contributed by atoms with Gasteiger partial charge in [0.2, 0.25) is 0 Å². The van der Waals surface area contributed by atoms with Gasteiger partial charge >= 0.3 is 0 Å². The van der Waals surface area contributed by atoms with E-state index in [1.165, 1.54) is 12.8 Å². The first-order valence-corrected chi connectivity index (χ1v) is 12.0. The van der Waals surface area contributed by atoms with Crippen LogP contribution in [0.5, 0.6) is 0 Å². The van der Waals surface area contributed by atoms with Crippen LogP contribution in [-0.2, 0) is 11.3 Å². The molecule has 1 aliphatic carbocycles. The highest BCUT2D eigenvalue weighted by Gasteiger charge is 2.25. The van der Waals surface area contributed by atoms with Gasteiger partial charge in [-0.2, -0.15) is 0 Å². The maximum atomic E-state index is 12.8. The van der Waals surface area contributed by atoms with Gasteiger partial charge < -0.3 is 19.9 Å². The average molecular weight is 443 g/mol. The number of nitrogens with zero attached hydrogens (tertiary/aromatic N) is 2. The van der Waals surface area contributed by atoms with E-state index >= 15 is 0 Å². The van der Waals surface area contributed by atoms with E-state index in [2.05, 4.69) is 32.2 Å². The number of thiocarbonyl (C=S) groups is 1. The smallest absolute Gasteiger partial charge is 0.253 e. The van der Waals surface area contributed by atoms with E-state index in [0.29, 0.717) is 12.6 Å². The molecule has 0 spiro atoms. The molecular weight excluding hydrogens is 408 g/mol. The fraction of sp³-hybridized carbons (Fsp3) is 0.583. The Kier molecular flexibility index (Phi) is 7.58. The summed E-state index contributed by atoms with van der Waals surface area (Å²) in [6.45, 7) is 8.21. The predicted molar refractivity (Wildman–Crippen MR) is 130 cm³/mol. The maximum Gasteiger partial charge on any atom is 0.253 e. The summed E-state index contributed by atoms with van der Waals surface area (Å²) < 4.78 is 5.42. The summed E-state index contributed by atoms with van der Waals surface area (Å²) in [5, 5.41) is 5.31. The van der Waals surface area contributed by atoms with Crippen molar-refractivity contribution >= 4 is 28.2 Å². The van der Waals surface area contributed by atoms with Gasteiger partial charge in [-0.25, -0.2) is 0 Å². The van der Waals surface area contributed by atoms with Crippen molar-refractivity contribution in [1.82, 2.24) is 20.1 Å². The van der Waals surface area contributed by atoms with Crippen molar-refractivity contribution in [1.29, 1.82) is 0 Å². The number of hydrogen-bond donors (Lipinski definition) is 2. The number of nitrogens with one attached hydrogen (secondary N) is 2. The molecule has 2 aliphatic rings. The molecule has 0 amide bonds. The third kappa shape index (κ3) is 5.84. The monoisotopic (exact) mass is 442 g/mol. The number of pyridine rings is 1. The molecule has 1 saturated heterocycles. The van der Waals surface area contributed by atoms with Crippen LogP contribution >= 0.6 is 12.2 Å². The lowest BCUT2D eigenvalue weighted by Gasteiger charge is -2.32. The Hall–Kier alpha value is -1.96. The Bertz CT molecular complexity index is 948. The van der Waals surface area contributed by atoms with E-state index in [1.54, 1.807) is 0 Å². The van der Waals surface area contributed by atoms with Crippen LogP contribution in [0.1, 0.15) is 43.2 Å². The first-order valence-electron chi connectivity index (χ1n) is 11.6. The standard InChI is InChI=1S/C24H34N4O2S/c1-18-7-8-19-16-20(23(29)26-22(19)15-18)17-28(21-5-2-3-6-21)24(31)25-9-4-10-27-11-13-30-14-12-27/h7-8,15-16,21H,2-6,9-14,17H2,1H3,(H,25,31)(H,26,29). The van der Waals surface area contributed by atoms with Gasteiger partial charge in [0, 0.05) is 36.8 Å². The zero-order chi connectivity index (χ0) is 21.6. The minimum absolute atomic E-state index is 0.0174. The number of aromatic nitrogens is 1. The van der Waals surface area contributed by atoms with Crippen molar-refractivity contribution < 1.29 is 4.74 Å². The first kappa shape index (κ1) is 22.2. The molecule has 2 heterocycles. The normalized spacial score (nSPS) is 17.8. The van der Waals surface area contributed by atoms with E-state index in [1.807, 2.05) is 19.1 Å². The molecule has 0 radical (unpaired) electrons. The molecule has 6 nitrogen and oxygen atoms in total. The van der Waals surface area contributed by atoms with E-state index in [-0.39, 0.29) is 5.56 Å². The lowest BCUT2D eigenvalue weighted by Crippen LogP contribution is -2.46. The highest BCUT2D eigenvalue weighted by molar-refractivity contribution is 7.80. The molecule has 1 aromatic heterocycles. The lowest BCUT2D eigenvalue weighted by atomic mass is 10.1.